The molecule has 0 saturated carbocycles. The minimum Gasteiger partial charge on any atom is -0.310 e. The van der Waals surface area contributed by atoms with E-state index in [4.69, 9.17) is 0 Å². The van der Waals surface area contributed by atoms with Crippen LogP contribution in [0.25, 0.3) is 65.3 Å². The normalized spacial score (nSPS) is 14.5. The highest BCUT2D eigenvalue weighted by atomic mass is 15.2. The quantitative estimate of drug-likeness (QED) is 0.163. The molecule has 0 aromatic heterocycles. The van der Waals surface area contributed by atoms with Crippen molar-refractivity contribution < 1.29 is 0 Å². The van der Waals surface area contributed by atoms with Gasteiger partial charge < -0.3 is 9.80 Å². The molecule has 0 saturated heterocycles. The molecule has 2 aliphatic heterocycles. The van der Waals surface area contributed by atoms with Crippen molar-refractivity contribution in [1.29, 1.82) is 0 Å². The van der Waals surface area contributed by atoms with Crippen LogP contribution < -0.4 is 9.80 Å². The standard InChI is InChI=1S/C64H48N2/c1-63(2)53-27-9-13-31-57(53)65(58-32-14-10-28-54(58)63)43-35-37-49-51(39-43)61(47-25-17-21-41-19-5-7-23-45(41)47)50-38-36-44(40-52(50)62(49)48-26-18-22-42-20-6-8-24-46(42)48)66-59-33-15-11-29-55(59)64(3,4)56-30-12-16-34-60(56)66/h5-40H,1-4H3. The maximum atomic E-state index is 2.50. The average molecular weight is 845 g/mol. The Balaban J connectivity index is 1.18. The minimum atomic E-state index is -0.158. The van der Waals surface area contributed by atoms with Gasteiger partial charge in [-0.3, -0.25) is 0 Å². The molecule has 13 rings (SSSR count). The number of nitrogens with zero attached hydrogens (tertiary/aromatic N) is 2. The summed E-state index contributed by atoms with van der Waals surface area (Å²) in [7, 11) is 0. The van der Waals surface area contributed by atoms with Crippen LogP contribution in [0.3, 0.4) is 0 Å². The molecule has 0 unspecified atom stereocenters. The molecule has 0 bridgehead atoms. The van der Waals surface area contributed by atoms with E-state index in [1.807, 2.05) is 0 Å². The fourth-order valence-electron chi connectivity index (χ4n) is 11.8. The fraction of sp³-hybridized carbons (Fsp3) is 0.0938. The van der Waals surface area contributed by atoms with Crippen LogP contribution >= 0.6 is 0 Å². The first-order valence-electron chi connectivity index (χ1n) is 23.3. The van der Waals surface area contributed by atoms with Gasteiger partial charge in [-0.15, -0.1) is 0 Å². The van der Waals surface area contributed by atoms with Crippen LogP contribution in [0, 0.1) is 0 Å². The third-order valence-electron chi connectivity index (χ3n) is 15.0. The summed E-state index contributed by atoms with van der Waals surface area (Å²) >= 11 is 0. The van der Waals surface area contributed by atoms with Crippen LogP contribution in [0.15, 0.2) is 218 Å². The van der Waals surface area contributed by atoms with E-state index in [2.05, 4.69) is 256 Å². The van der Waals surface area contributed by atoms with Crippen molar-refractivity contribution in [3.63, 3.8) is 0 Å². The molecule has 0 radical (unpaired) electrons. The van der Waals surface area contributed by atoms with Crippen molar-refractivity contribution in [2.24, 2.45) is 0 Å². The van der Waals surface area contributed by atoms with E-state index in [0.717, 1.165) is 11.4 Å². The number of hydrogen-bond acceptors (Lipinski definition) is 2. The molecule has 2 heterocycles. The third-order valence-corrected chi connectivity index (χ3v) is 15.0. The predicted molar refractivity (Wildman–Crippen MR) is 281 cm³/mol. The largest absolute Gasteiger partial charge is 0.310 e. The smallest absolute Gasteiger partial charge is 0.0502 e. The SMILES string of the molecule is CC1(C)c2ccccc2N(c2ccc3c(-c4cccc5ccccc45)c4cc(N5c6ccccc6C(C)(C)c6ccccc65)ccc4c(-c4cccc5ccccc45)c3c2)c2ccccc21. The lowest BCUT2D eigenvalue weighted by Crippen LogP contribution is -2.30. The molecule has 11 aromatic rings. The van der Waals surface area contributed by atoms with Crippen molar-refractivity contribution in [2.75, 3.05) is 9.80 Å². The molecular formula is C64H48N2. The fourth-order valence-corrected chi connectivity index (χ4v) is 11.8. The Labute approximate surface area is 386 Å². The van der Waals surface area contributed by atoms with E-state index >= 15 is 0 Å². The first-order valence-corrected chi connectivity index (χ1v) is 23.3. The number of hydrogen-bond donors (Lipinski definition) is 0. The molecule has 0 fully saturated rings. The first kappa shape index (κ1) is 38.5. The van der Waals surface area contributed by atoms with Crippen molar-refractivity contribution in [1.82, 2.24) is 0 Å². The monoisotopic (exact) mass is 844 g/mol. The summed E-state index contributed by atoms with van der Waals surface area (Å²) < 4.78 is 0. The van der Waals surface area contributed by atoms with Gasteiger partial charge in [0, 0.05) is 22.2 Å². The van der Waals surface area contributed by atoms with Crippen LogP contribution in [0.1, 0.15) is 49.9 Å². The highest BCUT2D eigenvalue weighted by Crippen LogP contribution is 2.56. The van der Waals surface area contributed by atoms with Gasteiger partial charge in [-0.1, -0.05) is 198 Å². The van der Waals surface area contributed by atoms with Gasteiger partial charge in [0.15, 0.2) is 0 Å². The summed E-state index contributed by atoms with van der Waals surface area (Å²) in [6, 6.07) is 81.8. The van der Waals surface area contributed by atoms with E-state index in [1.54, 1.807) is 0 Å². The second-order valence-corrected chi connectivity index (χ2v) is 19.3. The Kier molecular flexibility index (Phi) is 8.33. The average Bonchev–Trinajstić information content (AvgIpc) is 3.36. The van der Waals surface area contributed by atoms with Crippen LogP contribution in [0.5, 0.6) is 0 Å². The zero-order valence-corrected chi connectivity index (χ0v) is 37.7. The number of fused-ring (bicyclic) bond motifs is 8. The molecule has 11 aromatic carbocycles. The number of benzene rings is 11. The maximum Gasteiger partial charge on any atom is 0.0502 e. The lowest BCUT2D eigenvalue weighted by molar-refractivity contribution is 0.632. The molecule has 0 amide bonds. The zero-order valence-electron chi connectivity index (χ0n) is 37.7. The second kappa shape index (κ2) is 14.3. The van der Waals surface area contributed by atoms with Gasteiger partial charge in [0.2, 0.25) is 0 Å². The van der Waals surface area contributed by atoms with Gasteiger partial charge in [0.05, 0.1) is 22.7 Å². The van der Waals surface area contributed by atoms with Crippen LogP contribution in [-0.2, 0) is 10.8 Å². The van der Waals surface area contributed by atoms with Crippen LogP contribution in [0.4, 0.5) is 34.1 Å². The molecule has 2 heteroatoms. The van der Waals surface area contributed by atoms with Crippen molar-refractivity contribution in [3.8, 4) is 22.3 Å². The number of anilines is 6. The highest BCUT2D eigenvalue weighted by Gasteiger charge is 2.38. The molecule has 0 N–H and O–H groups in total. The summed E-state index contributed by atoms with van der Waals surface area (Å²) in [6.45, 7) is 9.44. The molecular weight excluding hydrogens is 797 g/mol. The van der Waals surface area contributed by atoms with E-state index < -0.39 is 0 Å². The molecule has 0 atom stereocenters. The highest BCUT2D eigenvalue weighted by molar-refractivity contribution is 6.26. The number of para-hydroxylation sites is 4. The summed E-state index contributed by atoms with van der Waals surface area (Å²) in [5.41, 5.74) is 17.1. The summed E-state index contributed by atoms with van der Waals surface area (Å²) in [6.07, 6.45) is 0. The summed E-state index contributed by atoms with van der Waals surface area (Å²) in [5.74, 6) is 0. The van der Waals surface area contributed by atoms with Gasteiger partial charge in [-0.25, -0.2) is 0 Å². The van der Waals surface area contributed by atoms with Gasteiger partial charge in [0.25, 0.3) is 0 Å². The number of rotatable bonds is 4. The molecule has 314 valence electrons. The first-order chi connectivity index (χ1) is 32.3. The van der Waals surface area contributed by atoms with E-state index in [0.29, 0.717) is 0 Å². The van der Waals surface area contributed by atoms with E-state index in [9.17, 15) is 0 Å². The van der Waals surface area contributed by atoms with Crippen molar-refractivity contribution in [3.05, 3.63) is 241 Å². The van der Waals surface area contributed by atoms with Crippen molar-refractivity contribution >= 4 is 77.2 Å². The van der Waals surface area contributed by atoms with Crippen LogP contribution in [0.2, 0.25) is 0 Å². The second-order valence-electron chi connectivity index (χ2n) is 19.3. The van der Waals surface area contributed by atoms with Gasteiger partial charge in [-0.2, -0.15) is 0 Å². The van der Waals surface area contributed by atoms with Crippen molar-refractivity contribution in [2.45, 2.75) is 38.5 Å². The van der Waals surface area contributed by atoms with E-state index in [-0.39, 0.29) is 10.8 Å². The molecule has 66 heavy (non-hydrogen) atoms. The van der Waals surface area contributed by atoms with Gasteiger partial charge >= 0.3 is 0 Å². The molecule has 2 aliphatic rings. The Morgan fingerprint density at radius 3 is 0.970 bits per heavy atom. The van der Waals surface area contributed by atoms with E-state index in [1.165, 1.54) is 110 Å². The van der Waals surface area contributed by atoms with Gasteiger partial charge in [0.1, 0.15) is 0 Å². The predicted octanol–water partition coefficient (Wildman–Crippen LogP) is 17.9. The molecule has 0 aliphatic carbocycles. The Bertz CT molecular complexity index is 3440. The van der Waals surface area contributed by atoms with Gasteiger partial charge in [-0.05, 0) is 136 Å². The summed E-state index contributed by atoms with van der Waals surface area (Å²) in [5, 5.41) is 9.84. The summed E-state index contributed by atoms with van der Waals surface area (Å²) in [4.78, 5) is 5.00. The Morgan fingerprint density at radius 2 is 0.591 bits per heavy atom. The molecule has 2 nitrogen and oxygen atoms in total. The Morgan fingerprint density at radius 1 is 0.273 bits per heavy atom. The zero-order chi connectivity index (χ0) is 44.3. The maximum absolute atomic E-state index is 2.50. The van der Waals surface area contributed by atoms with Crippen LogP contribution in [-0.4, -0.2) is 0 Å². The lowest BCUT2D eigenvalue weighted by atomic mass is 9.73. The third kappa shape index (κ3) is 5.48. The Hall–Kier alpha value is -7.94. The minimum absolute atomic E-state index is 0.158. The topological polar surface area (TPSA) is 6.48 Å². The lowest BCUT2D eigenvalue weighted by Gasteiger charge is -2.42. The molecule has 0 spiro atoms.